The smallest absolute Gasteiger partial charge is 0.0665 e. The van der Waals surface area contributed by atoms with Crippen LogP contribution in [-0.2, 0) is 11.8 Å². The third-order valence-electron chi connectivity index (χ3n) is 8.47. The molecule has 1 aromatic heterocycles. The number of hydrogen-bond donors (Lipinski definition) is 2. The van der Waals surface area contributed by atoms with Crippen LogP contribution in [0.25, 0.3) is 0 Å². The molecule has 2 fully saturated rings. The van der Waals surface area contributed by atoms with Gasteiger partial charge < -0.3 is 5.11 Å². The summed E-state index contributed by atoms with van der Waals surface area (Å²) in [6, 6.07) is 0. The van der Waals surface area contributed by atoms with Crippen molar-refractivity contribution in [2.24, 2.45) is 23.2 Å². The SMILES string of the molecule is Cc1[nH]nc2c1[C@@]1(C)CC[C@H]3[C@H](CC=C4C[C@@H](O)CC[C@@]43C)[C@H]1C2. The predicted molar refractivity (Wildman–Crippen MR) is 94.7 cm³/mol. The number of H-pyrrole nitrogens is 1. The highest BCUT2D eigenvalue weighted by molar-refractivity contribution is 5.41. The topological polar surface area (TPSA) is 48.9 Å². The highest BCUT2D eigenvalue weighted by Gasteiger charge is 2.58. The lowest BCUT2D eigenvalue weighted by Gasteiger charge is -2.57. The summed E-state index contributed by atoms with van der Waals surface area (Å²) in [4.78, 5) is 0. The van der Waals surface area contributed by atoms with Crippen LogP contribution in [0, 0.1) is 30.1 Å². The zero-order valence-corrected chi connectivity index (χ0v) is 15.2. The Morgan fingerprint density at radius 1 is 1.12 bits per heavy atom. The predicted octanol–water partition coefficient (Wildman–Crippen LogP) is 4.06. The molecular weight excluding hydrogens is 296 g/mol. The van der Waals surface area contributed by atoms with E-state index in [9.17, 15) is 5.11 Å². The standard InChI is InChI=1S/C21H30N2O/c1-12-19-18(23-22-12)11-17-15-5-4-13-10-14(24)6-8-20(13,2)16(15)7-9-21(17,19)3/h4,14-17,24H,5-11H2,1-3H3,(H,22,23)/t14-,15-,16-,17+,20-,21-/m0/s1. The van der Waals surface area contributed by atoms with Gasteiger partial charge in [0.25, 0.3) is 0 Å². The second-order valence-electron chi connectivity index (χ2n) is 9.49. The molecule has 2 saturated carbocycles. The number of aliphatic hydroxyl groups is 1. The maximum absolute atomic E-state index is 10.1. The van der Waals surface area contributed by atoms with E-state index in [1.807, 2.05) is 0 Å². The van der Waals surface area contributed by atoms with Gasteiger partial charge in [-0.05, 0) is 80.5 Å². The molecule has 0 aromatic carbocycles. The van der Waals surface area contributed by atoms with E-state index in [4.69, 9.17) is 0 Å². The van der Waals surface area contributed by atoms with E-state index < -0.39 is 0 Å². The highest BCUT2D eigenvalue weighted by Crippen LogP contribution is 2.64. The van der Waals surface area contributed by atoms with E-state index in [0.29, 0.717) is 10.8 Å². The van der Waals surface area contributed by atoms with Gasteiger partial charge in [-0.3, -0.25) is 5.10 Å². The Bertz CT molecular complexity index is 719. The van der Waals surface area contributed by atoms with Crippen LogP contribution in [0.15, 0.2) is 11.6 Å². The summed E-state index contributed by atoms with van der Waals surface area (Å²) in [6.45, 7) is 7.21. The number of aromatic nitrogens is 2. The van der Waals surface area contributed by atoms with Crippen molar-refractivity contribution in [3.63, 3.8) is 0 Å². The van der Waals surface area contributed by atoms with E-state index >= 15 is 0 Å². The maximum Gasteiger partial charge on any atom is 0.0665 e. The lowest BCUT2D eigenvalue weighted by molar-refractivity contribution is -0.0166. The molecule has 2 N–H and O–H groups in total. The largest absolute Gasteiger partial charge is 0.393 e. The average molecular weight is 326 g/mol. The zero-order valence-electron chi connectivity index (χ0n) is 15.2. The Morgan fingerprint density at radius 2 is 1.92 bits per heavy atom. The fourth-order valence-electron chi connectivity index (χ4n) is 7.24. The minimum absolute atomic E-state index is 0.103. The monoisotopic (exact) mass is 326 g/mol. The van der Waals surface area contributed by atoms with Crippen LogP contribution in [0.1, 0.15) is 69.3 Å². The summed E-state index contributed by atoms with van der Waals surface area (Å²) in [5.41, 5.74) is 6.42. The molecule has 6 atom stereocenters. The normalized spacial score (nSPS) is 46.6. The van der Waals surface area contributed by atoms with Crippen LogP contribution in [0.5, 0.6) is 0 Å². The van der Waals surface area contributed by atoms with Gasteiger partial charge in [-0.1, -0.05) is 25.5 Å². The second kappa shape index (κ2) is 4.75. The van der Waals surface area contributed by atoms with Gasteiger partial charge in [0, 0.05) is 11.3 Å². The number of fused-ring (bicyclic) bond motifs is 7. The Morgan fingerprint density at radius 3 is 2.75 bits per heavy atom. The van der Waals surface area contributed by atoms with Gasteiger partial charge in [0.15, 0.2) is 0 Å². The first-order valence-electron chi connectivity index (χ1n) is 9.85. The van der Waals surface area contributed by atoms with E-state index in [0.717, 1.165) is 30.6 Å². The summed E-state index contributed by atoms with van der Waals surface area (Å²) >= 11 is 0. The Labute approximate surface area is 144 Å². The molecule has 4 aliphatic rings. The Hall–Kier alpha value is -1.09. The third-order valence-corrected chi connectivity index (χ3v) is 8.47. The van der Waals surface area contributed by atoms with Gasteiger partial charge in [0.2, 0.25) is 0 Å². The van der Waals surface area contributed by atoms with Crippen molar-refractivity contribution in [2.75, 3.05) is 0 Å². The number of nitrogens with one attached hydrogen (secondary N) is 1. The van der Waals surface area contributed by atoms with Crippen molar-refractivity contribution in [1.29, 1.82) is 0 Å². The van der Waals surface area contributed by atoms with Crippen molar-refractivity contribution in [3.05, 3.63) is 28.6 Å². The van der Waals surface area contributed by atoms with Crippen molar-refractivity contribution >= 4 is 0 Å². The lowest BCUT2D eigenvalue weighted by Crippen LogP contribution is -2.51. The quantitative estimate of drug-likeness (QED) is 0.707. The number of aromatic amines is 1. The van der Waals surface area contributed by atoms with Gasteiger partial charge in [-0.25, -0.2) is 0 Å². The van der Waals surface area contributed by atoms with E-state index in [2.05, 4.69) is 37.0 Å². The second-order valence-corrected chi connectivity index (χ2v) is 9.49. The molecule has 1 aromatic rings. The number of rotatable bonds is 0. The molecule has 0 aliphatic heterocycles. The first-order chi connectivity index (χ1) is 11.4. The third kappa shape index (κ3) is 1.75. The van der Waals surface area contributed by atoms with E-state index in [1.54, 1.807) is 11.1 Å². The first-order valence-corrected chi connectivity index (χ1v) is 9.85. The van der Waals surface area contributed by atoms with Crippen LogP contribution in [0.3, 0.4) is 0 Å². The lowest BCUT2D eigenvalue weighted by atomic mass is 9.47. The van der Waals surface area contributed by atoms with Gasteiger partial charge in [0.05, 0.1) is 11.8 Å². The summed E-state index contributed by atoms with van der Waals surface area (Å²) < 4.78 is 0. The molecule has 5 rings (SSSR count). The molecule has 24 heavy (non-hydrogen) atoms. The van der Waals surface area contributed by atoms with Crippen LogP contribution in [-0.4, -0.2) is 21.4 Å². The number of aryl methyl sites for hydroxylation is 1. The number of allylic oxidation sites excluding steroid dienone is 1. The molecule has 0 saturated heterocycles. The minimum Gasteiger partial charge on any atom is -0.393 e. The summed E-state index contributed by atoms with van der Waals surface area (Å²) in [6.07, 6.45) is 10.5. The Balaban J connectivity index is 1.54. The molecule has 130 valence electrons. The molecule has 3 nitrogen and oxygen atoms in total. The molecule has 0 amide bonds. The van der Waals surface area contributed by atoms with Gasteiger partial charge in [-0.15, -0.1) is 0 Å². The molecule has 4 aliphatic carbocycles. The fraction of sp³-hybridized carbons (Fsp3) is 0.762. The van der Waals surface area contributed by atoms with Crippen molar-refractivity contribution in [3.8, 4) is 0 Å². The van der Waals surface area contributed by atoms with Gasteiger partial charge in [0.1, 0.15) is 0 Å². The molecule has 0 spiro atoms. The van der Waals surface area contributed by atoms with Crippen LogP contribution < -0.4 is 0 Å². The molecular formula is C21H30N2O. The van der Waals surface area contributed by atoms with Crippen molar-refractivity contribution < 1.29 is 5.11 Å². The Kier molecular flexibility index (Phi) is 3.01. The van der Waals surface area contributed by atoms with Crippen LogP contribution in [0.4, 0.5) is 0 Å². The summed E-state index contributed by atoms with van der Waals surface area (Å²) in [5.74, 6) is 2.35. The highest BCUT2D eigenvalue weighted by atomic mass is 16.3. The summed E-state index contributed by atoms with van der Waals surface area (Å²) in [7, 11) is 0. The van der Waals surface area contributed by atoms with Crippen molar-refractivity contribution in [2.45, 2.75) is 77.2 Å². The molecule has 0 unspecified atom stereocenters. The van der Waals surface area contributed by atoms with E-state index in [-0.39, 0.29) is 6.10 Å². The minimum atomic E-state index is -0.103. The van der Waals surface area contributed by atoms with Gasteiger partial charge in [-0.2, -0.15) is 5.10 Å². The number of aliphatic hydroxyl groups excluding tert-OH is 1. The molecule has 0 bridgehead atoms. The van der Waals surface area contributed by atoms with Gasteiger partial charge >= 0.3 is 0 Å². The van der Waals surface area contributed by atoms with Crippen LogP contribution in [0.2, 0.25) is 0 Å². The fourth-order valence-corrected chi connectivity index (χ4v) is 7.24. The summed E-state index contributed by atoms with van der Waals surface area (Å²) in [5, 5.41) is 18.0. The van der Waals surface area contributed by atoms with Crippen LogP contribution >= 0.6 is 0 Å². The van der Waals surface area contributed by atoms with E-state index in [1.165, 1.54) is 43.5 Å². The first kappa shape index (κ1) is 15.2. The zero-order chi connectivity index (χ0) is 16.7. The molecule has 0 radical (unpaired) electrons. The maximum atomic E-state index is 10.1. The number of nitrogens with zero attached hydrogens (tertiary/aromatic N) is 1. The number of hydrogen-bond acceptors (Lipinski definition) is 2. The molecule has 1 heterocycles. The van der Waals surface area contributed by atoms with Crippen molar-refractivity contribution in [1.82, 2.24) is 10.2 Å². The average Bonchev–Trinajstić information content (AvgIpc) is 3.06. The molecule has 3 heteroatoms.